The summed E-state index contributed by atoms with van der Waals surface area (Å²) < 4.78 is 12.8. The molecule has 0 saturated carbocycles. The maximum Gasteiger partial charge on any atom is 0.320 e. The molecule has 0 aliphatic heterocycles. The molecule has 1 aromatic heterocycles. The predicted molar refractivity (Wildman–Crippen MR) is 111 cm³/mol. The Balaban J connectivity index is 2.13. The molecule has 0 saturated heterocycles. The Morgan fingerprint density at radius 1 is 1.00 bits per heavy atom. The summed E-state index contributed by atoms with van der Waals surface area (Å²) in [4.78, 5) is 24.6. The fourth-order valence-corrected chi connectivity index (χ4v) is 3.86. The number of carbonyl (C=O) groups excluding carboxylic acids is 2. The van der Waals surface area contributed by atoms with Crippen molar-refractivity contribution in [2.75, 3.05) is 14.2 Å². The molecule has 0 radical (unpaired) electrons. The Bertz CT molecular complexity index is 977. The Labute approximate surface area is 172 Å². The van der Waals surface area contributed by atoms with Crippen molar-refractivity contribution < 1.29 is 19.1 Å². The van der Waals surface area contributed by atoms with Gasteiger partial charge in [0.15, 0.2) is 5.92 Å². The lowest BCUT2D eigenvalue weighted by molar-refractivity contribution is -0.159. The number of hydrogen-bond acceptors (Lipinski definition) is 4. The van der Waals surface area contributed by atoms with Gasteiger partial charge in [-0.2, -0.15) is 0 Å². The molecule has 0 fully saturated rings. The number of aryl methyl sites for hydroxylation is 1. The van der Waals surface area contributed by atoms with Crippen LogP contribution in [0.25, 0.3) is 10.9 Å². The zero-order chi connectivity index (χ0) is 20.3. The van der Waals surface area contributed by atoms with Crippen LogP contribution < -0.4 is 0 Å². The van der Waals surface area contributed by atoms with Crippen LogP contribution in [-0.4, -0.2) is 30.7 Å². The van der Waals surface area contributed by atoms with Crippen molar-refractivity contribution in [1.29, 1.82) is 0 Å². The Morgan fingerprint density at radius 3 is 2.21 bits per heavy atom. The second-order valence-corrected chi connectivity index (χ2v) is 7.57. The molecule has 1 unspecified atom stereocenters. The van der Waals surface area contributed by atoms with Crippen molar-refractivity contribution >= 4 is 38.8 Å². The van der Waals surface area contributed by atoms with E-state index in [1.165, 1.54) is 14.2 Å². The van der Waals surface area contributed by atoms with Gasteiger partial charge in [-0.05, 0) is 35.7 Å². The van der Waals surface area contributed by atoms with Crippen molar-refractivity contribution in [2.45, 2.75) is 12.3 Å². The van der Waals surface area contributed by atoms with E-state index in [0.717, 1.165) is 26.5 Å². The second-order valence-electron chi connectivity index (χ2n) is 6.65. The molecule has 0 amide bonds. The van der Waals surface area contributed by atoms with E-state index >= 15 is 0 Å². The van der Waals surface area contributed by atoms with Crippen LogP contribution in [-0.2, 0) is 26.1 Å². The lowest BCUT2D eigenvalue weighted by Crippen LogP contribution is -2.28. The smallest absolute Gasteiger partial charge is 0.320 e. The Hall–Kier alpha value is -2.60. The maximum atomic E-state index is 12.3. The van der Waals surface area contributed by atoms with Crippen molar-refractivity contribution in [2.24, 2.45) is 13.0 Å². The molecule has 0 spiro atoms. The minimum atomic E-state index is -0.998. The van der Waals surface area contributed by atoms with Crippen LogP contribution in [0.3, 0.4) is 0 Å². The van der Waals surface area contributed by atoms with Gasteiger partial charge in [0.05, 0.1) is 14.2 Å². The molecular weight excluding hydrogens is 422 g/mol. The standard InChI is InChI=1S/C22H22BrNO4/c1-24-13-19(16-6-4-5-7-20(16)24)17(14-8-10-15(23)11-9-14)12-18(21(25)27-2)22(26)28-3/h4-11,13,17-18H,12H2,1-3H3. The number of esters is 2. The highest BCUT2D eigenvalue weighted by atomic mass is 79.9. The number of carbonyl (C=O) groups is 2. The largest absolute Gasteiger partial charge is 0.468 e. The number of ether oxygens (including phenoxy) is 2. The summed E-state index contributed by atoms with van der Waals surface area (Å²) in [7, 11) is 4.55. The minimum Gasteiger partial charge on any atom is -0.468 e. The molecule has 28 heavy (non-hydrogen) atoms. The molecule has 3 aromatic rings. The minimum absolute atomic E-state index is 0.178. The summed E-state index contributed by atoms with van der Waals surface area (Å²) in [6.45, 7) is 0. The van der Waals surface area contributed by atoms with Gasteiger partial charge in [-0.25, -0.2) is 0 Å². The molecule has 1 atom stereocenters. The van der Waals surface area contributed by atoms with Crippen LogP contribution in [0.4, 0.5) is 0 Å². The first-order valence-corrected chi connectivity index (χ1v) is 9.70. The van der Waals surface area contributed by atoms with E-state index in [-0.39, 0.29) is 12.3 Å². The van der Waals surface area contributed by atoms with Gasteiger partial charge in [-0.1, -0.05) is 46.3 Å². The first-order valence-electron chi connectivity index (χ1n) is 8.91. The van der Waals surface area contributed by atoms with E-state index in [9.17, 15) is 9.59 Å². The number of aromatic nitrogens is 1. The van der Waals surface area contributed by atoms with E-state index < -0.39 is 17.9 Å². The molecule has 0 bridgehead atoms. The van der Waals surface area contributed by atoms with E-state index in [4.69, 9.17) is 9.47 Å². The molecule has 0 aliphatic rings. The second kappa shape index (κ2) is 8.61. The summed E-state index contributed by atoms with van der Waals surface area (Å²) >= 11 is 3.46. The SMILES string of the molecule is COC(=O)C(CC(c1ccc(Br)cc1)c1cn(C)c2ccccc12)C(=O)OC. The third-order valence-corrected chi connectivity index (χ3v) is 5.55. The van der Waals surface area contributed by atoms with Crippen LogP contribution in [0, 0.1) is 5.92 Å². The Morgan fingerprint density at radius 2 is 1.61 bits per heavy atom. The number of fused-ring (bicyclic) bond motifs is 1. The molecule has 0 N–H and O–H groups in total. The monoisotopic (exact) mass is 443 g/mol. The number of halogens is 1. The summed E-state index contributed by atoms with van der Waals surface area (Å²) in [6, 6.07) is 16.0. The molecule has 146 valence electrons. The van der Waals surface area contributed by atoms with Gasteiger partial charge in [-0.15, -0.1) is 0 Å². The molecule has 5 nitrogen and oxygen atoms in total. The van der Waals surface area contributed by atoms with E-state index in [1.807, 2.05) is 43.4 Å². The third kappa shape index (κ3) is 3.97. The highest BCUT2D eigenvalue weighted by Crippen LogP contribution is 2.37. The van der Waals surface area contributed by atoms with E-state index in [0.29, 0.717) is 0 Å². The average molecular weight is 444 g/mol. The van der Waals surface area contributed by atoms with Crippen LogP contribution in [0.1, 0.15) is 23.5 Å². The third-order valence-electron chi connectivity index (χ3n) is 5.02. The first kappa shape index (κ1) is 20.1. The van der Waals surface area contributed by atoms with E-state index in [1.54, 1.807) is 0 Å². The molecule has 6 heteroatoms. The van der Waals surface area contributed by atoms with Crippen LogP contribution >= 0.6 is 15.9 Å². The van der Waals surface area contributed by atoms with Gasteiger partial charge in [0, 0.05) is 34.5 Å². The summed E-state index contributed by atoms with van der Waals surface area (Å²) in [5, 5.41) is 1.09. The lowest BCUT2D eigenvalue weighted by atomic mass is 9.83. The van der Waals surface area contributed by atoms with Crippen LogP contribution in [0.15, 0.2) is 59.2 Å². The van der Waals surface area contributed by atoms with Gasteiger partial charge in [0.2, 0.25) is 0 Å². The molecule has 0 aliphatic carbocycles. The van der Waals surface area contributed by atoms with Crippen molar-refractivity contribution in [3.05, 3.63) is 70.3 Å². The van der Waals surface area contributed by atoms with Crippen molar-refractivity contribution in [1.82, 2.24) is 4.57 Å². The summed E-state index contributed by atoms with van der Waals surface area (Å²) in [5.74, 6) is -2.35. The molecule has 2 aromatic carbocycles. The highest BCUT2D eigenvalue weighted by Gasteiger charge is 2.33. The topological polar surface area (TPSA) is 57.5 Å². The van der Waals surface area contributed by atoms with Crippen molar-refractivity contribution in [3.63, 3.8) is 0 Å². The lowest BCUT2D eigenvalue weighted by Gasteiger charge is -2.21. The number of para-hydroxylation sites is 1. The number of nitrogens with zero attached hydrogens (tertiary/aromatic N) is 1. The fourth-order valence-electron chi connectivity index (χ4n) is 3.60. The van der Waals surface area contributed by atoms with Gasteiger partial charge in [0.1, 0.15) is 0 Å². The predicted octanol–water partition coefficient (Wildman–Crippen LogP) is 4.43. The normalized spacial score (nSPS) is 12.2. The maximum absolute atomic E-state index is 12.3. The number of rotatable bonds is 6. The highest BCUT2D eigenvalue weighted by molar-refractivity contribution is 9.10. The quantitative estimate of drug-likeness (QED) is 0.417. The van der Waals surface area contributed by atoms with Gasteiger partial charge in [0.25, 0.3) is 0 Å². The van der Waals surface area contributed by atoms with Gasteiger partial charge < -0.3 is 14.0 Å². The van der Waals surface area contributed by atoms with Gasteiger partial charge >= 0.3 is 11.9 Å². The number of hydrogen-bond donors (Lipinski definition) is 0. The Kier molecular flexibility index (Phi) is 6.19. The van der Waals surface area contributed by atoms with Crippen LogP contribution in [0.2, 0.25) is 0 Å². The first-order chi connectivity index (χ1) is 13.5. The summed E-state index contributed by atoms with van der Waals surface area (Å²) in [6.07, 6.45) is 2.32. The zero-order valence-corrected chi connectivity index (χ0v) is 17.6. The zero-order valence-electron chi connectivity index (χ0n) is 16.0. The summed E-state index contributed by atoms with van der Waals surface area (Å²) in [5.41, 5.74) is 3.16. The molecule has 3 rings (SSSR count). The van der Waals surface area contributed by atoms with Gasteiger partial charge in [-0.3, -0.25) is 9.59 Å². The number of methoxy groups -OCH3 is 2. The average Bonchev–Trinajstić information content (AvgIpc) is 3.05. The van der Waals surface area contributed by atoms with E-state index in [2.05, 4.69) is 38.8 Å². The van der Waals surface area contributed by atoms with Crippen molar-refractivity contribution in [3.8, 4) is 0 Å². The molecular formula is C22H22BrNO4. The number of benzene rings is 2. The fraction of sp³-hybridized carbons (Fsp3) is 0.273. The van der Waals surface area contributed by atoms with Crippen LogP contribution in [0.5, 0.6) is 0 Å². The molecule has 1 heterocycles.